The van der Waals surface area contributed by atoms with Crippen LogP contribution in [0, 0.1) is 0 Å². The first-order valence-electron chi connectivity index (χ1n) is 22.7. The van der Waals surface area contributed by atoms with Gasteiger partial charge in [0.2, 0.25) is 0 Å². The van der Waals surface area contributed by atoms with Gasteiger partial charge in [-0.2, -0.15) is 0 Å². The van der Waals surface area contributed by atoms with Crippen molar-refractivity contribution in [1.29, 1.82) is 0 Å². The summed E-state index contributed by atoms with van der Waals surface area (Å²) in [5.74, 6) is 0. The monoisotopic (exact) mass is 861 g/mol. The molecule has 12 aromatic rings. The zero-order valence-electron chi connectivity index (χ0n) is 36.6. The predicted octanol–water partition coefficient (Wildman–Crippen LogP) is 18.4. The van der Waals surface area contributed by atoms with Crippen molar-refractivity contribution in [2.75, 3.05) is 4.90 Å². The lowest BCUT2D eigenvalue weighted by Gasteiger charge is -2.28. The lowest BCUT2D eigenvalue weighted by Crippen LogP contribution is -2.15. The Kier molecular flexibility index (Phi) is 8.78. The molecule has 66 heavy (non-hydrogen) atoms. The van der Waals surface area contributed by atoms with Crippen LogP contribution in [0.2, 0.25) is 0 Å². The van der Waals surface area contributed by atoms with Gasteiger partial charge in [0.25, 0.3) is 0 Å². The van der Waals surface area contributed by atoms with Crippen molar-refractivity contribution in [3.8, 4) is 55.6 Å². The van der Waals surface area contributed by atoms with Gasteiger partial charge in [0.15, 0.2) is 0 Å². The number of anilines is 3. The molecule has 3 heteroatoms. The molecule has 0 saturated heterocycles. The van der Waals surface area contributed by atoms with E-state index in [9.17, 15) is 0 Å². The average Bonchev–Trinajstić information content (AvgIpc) is 4.02. The summed E-state index contributed by atoms with van der Waals surface area (Å²) in [7, 11) is 0. The van der Waals surface area contributed by atoms with Gasteiger partial charge in [-0.25, -0.2) is 0 Å². The van der Waals surface area contributed by atoms with Crippen LogP contribution in [-0.4, -0.2) is 0 Å². The first kappa shape index (κ1) is 38.5. The van der Waals surface area contributed by atoms with Crippen LogP contribution in [-0.2, 0) is 5.41 Å². The average molecular weight is 862 g/mol. The number of benzene rings is 10. The van der Waals surface area contributed by atoms with Crippen molar-refractivity contribution in [2.45, 2.75) is 19.3 Å². The molecular weight excluding hydrogens is 819 g/mol. The fraction of sp³-hybridized carbons (Fsp3) is 0.0476. The highest BCUT2D eigenvalue weighted by atomic mass is 32.1. The molecule has 0 spiro atoms. The van der Waals surface area contributed by atoms with Gasteiger partial charge >= 0.3 is 0 Å². The van der Waals surface area contributed by atoms with Gasteiger partial charge in [-0.05, 0) is 110 Å². The molecular formula is C63H43NOS. The molecule has 0 bridgehead atoms. The third-order valence-corrected chi connectivity index (χ3v) is 15.1. The summed E-state index contributed by atoms with van der Waals surface area (Å²) >= 11 is 1.88. The van der Waals surface area contributed by atoms with Crippen LogP contribution in [0.5, 0.6) is 0 Å². The SMILES string of the molecule is CC1(C)c2ccc(-c3ccc(N(c4ccc(-c5cccc6c5sc5ccccc56)cc4)c4ccccc4-c4ccccc4)cc3)cc2-c2ccc(-c3cccc4c3oc3ccccc34)cc21. The standard InChI is InChI=1S/C63H43NOS/c1-63(2)56-37-31-43(38-55(56)50-36-30-44(39-57(50)63)48-19-12-21-53-51-17-7-10-24-59(51)65-61(48)53)40-26-32-45(33-27-40)64(58-23-9-6-16-47(58)41-14-4-3-5-15-41)46-34-28-42(29-35-46)49-20-13-22-54-52-18-8-11-25-60(52)66-62(49)54/h3-39H,1-2H3. The Morgan fingerprint density at radius 2 is 0.985 bits per heavy atom. The maximum atomic E-state index is 6.48. The number of para-hydroxylation sites is 3. The Labute approximate surface area is 388 Å². The van der Waals surface area contributed by atoms with Crippen molar-refractivity contribution in [2.24, 2.45) is 0 Å². The second-order valence-electron chi connectivity index (χ2n) is 18.0. The molecule has 312 valence electrons. The summed E-state index contributed by atoms with van der Waals surface area (Å²) < 4.78 is 9.12. The van der Waals surface area contributed by atoms with E-state index >= 15 is 0 Å². The van der Waals surface area contributed by atoms with Gasteiger partial charge in [-0.1, -0.05) is 184 Å². The summed E-state index contributed by atoms with van der Waals surface area (Å²) in [6.07, 6.45) is 0. The lowest BCUT2D eigenvalue weighted by atomic mass is 9.81. The number of hydrogen-bond donors (Lipinski definition) is 0. The summed E-state index contributed by atoms with van der Waals surface area (Å²) in [5, 5.41) is 4.94. The second kappa shape index (κ2) is 15.1. The first-order chi connectivity index (χ1) is 32.5. The lowest BCUT2D eigenvalue weighted by molar-refractivity contribution is 0.660. The molecule has 13 rings (SSSR count). The largest absolute Gasteiger partial charge is 0.455 e. The predicted molar refractivity (Wildman–Crippen MR) is 281 cm³/mol. The fourth-order valence-electron chi connectivity index (χ4n) is 10.6. The summed E-state index contributed by atoms with van der Waals surface area (Å²) in [6, 6.07) is 82.0. The van der Waals surface area contributed by atoms with Crippen LogP contribution >= 0.6 is 11.3 Å². The Balaban J connectivity index is 0.872. The Morgan fingerprint density at radius 3 is 1.80 bits per heavy atom. The Bertz CT molecular complexity index is 3840. The van der Waals surface area contributed by atoms with Crippen LogP contribution in [0.25, 0.3) is 97.7 Å². The molecule has 0 N–H and O–H groups in total. The van der Waals surface area contributed by atoms with E-state index in [0.29, 0.717) is 0 Å². The highest BCUT2D eigenvalue weighted by Crippen LogP contribution is 2.52. The number of furan rings is 1. The molecule has 0 unspecified atom stereocenters. The number of rotatable bonds is 7. The first-order valence-corrected chi connectivity index (χ1v) is 23.6. The van der Waals surface area contributed by atoms with Crippen molar-refractivity contribution in [3.63, 3.8) is 0 Å². The van der Waals surface area contributed by atoms with Gasteiger partial charge in [-0.3, -0.25) is 0 Å². The molecule has 0 atom stereocenters. The molecule has 2 heterocycles. The highest BCUT2D eigenvalue weighted by molar-refractivity contribution is 7.26. The minimum absolute atomic E-state index is 0.155. The van der Waals surface area contributed by atoms with Gasteiger partial charge in [0.05, 0.1) is 5.69 Å². The third-order valence-electron chi connectivity index (χ3n) is 13.9. The van der Waals surface area contributed by atoms with Gasteiger partial charge < -0.3 is 9.32 Å². The highest BCUT2D eigenvalue weighted by Gasteiger charge is 2.36. The van der Waals surface area contributed by atoms with E-state index in [1.165, 1.54) is 81.4 Å². The number of thiophene rings is 1. The fourth-order valence-corrected chi connectivity index (χ4v) is 11.8. The maximum absolute atomic E-state index is 6.48. The molecule has 0 aliphatic heterocycles. The normalized spacial score (nSPS) is 12.8. The van der Waals surface area contributed by atoms with Gasteiger partial charge in [-0.15, -0.1) is 11.3 Å². The Morgan fingerprint density at radius 1 is 0.379 bits per heavy atom. The molecule has 2 nitrogen and oxygen atoms in total. The van der Waals surface area contributed by atoms with Crippen LogP contribution < -0.4 is 4.90 Å². The van der Waals surface area contributed by atoms with Crippen LogP contribution in [0.4, 0.5) is 17.1 Å². The van der Waals surface area contributed by atoms with Gasteiger partial charge in [0.1, 0.15) is 11.2 Å². The van der Waals surface area contributed by atoms with Gasteiger partial charge in [0, 0.05) is 58.9 Å². The van der Waals surface area contributed by atoms with Crippen LogP contribution in [0.3, 0.4) is 0 Å². The smallest absolute Gasteiger partial charge is 0.143 e. The van der Waals surface area contributed by atoms with E-state index in [2.05, 4.69) is 237 Å². The zero-order chi connectivity index (χ0) is 43.9. The topological polar surface area (TPSA) is 16.4 Å². The summed E-state index contributed by atoms with van der Waals surface area (Å²) in [5.41, 5.74) is 19.9. The van der Waals surface area contributed by atoms with Crippen molar-refractivity contribution < 1.29 is 4.42 Å². The molecule has 0 amide bonds. The van der Waals surface area contributed by atoms with E-state index in [1.54, 1.807) is 0 Å². The van der Waals surface area contributed by atoms with E-state index < -0.39 is 0 Å². The summed E-state index contributed by atoms with van der Waals surface area (Å²) in [4.78, 5) is 2.40. The number of fused-ring (bicyclic) bond motifs is 9. The van der Waals surface area contributed by atoms with E-state index in [1.807, 2.05) is 17.4 Å². The molecule has 0 radical (unpaired) electrons. The van der Waals surface area contributed by atoms with Crippen LogP contribution in [0.15, 0.2) is 229 Å². The van der Waals surface area contributed by atoms with Crippen molar-refractivity contribution in [1.82, 2.24) is 0 Å². The van der Waals surface area contributed by atoms with Crippen LogP contribution in [0.1, 0.15) is 25.0 Å². The number of hydrogen-bond acceptors (Lipinski definition) is 3. The van der Waals surface area contributed by atoms with E-state index in [-0.39, 0.29) is 5.41 Å². The molecule has 1 aliphatic rings. The zero-order valence-corrected chi connectivity index (χ0v) is 37.4. The van der Waals surface area contributed by atoms with E-state index in [0.717, 1.165) is 44.6 Å². The molecule has 1 aliphatic carbocycles. The van der Waals surface area contributed by atoms with Crippen molar-refractivity contribution in [3.05, 3.63) is 236 Å². The second-order valence-corrected chi connectivity index (χ2v) is 19.1. The molecule has 0 fully saturated rings. The van der Waals surface area contributed by atoms with Crippen molar-refractivity contribution >= 4 is 70.5 Å². The van der Waals surface area contributed by atoms with E-state index in [4.69, 9.17) is 4.42 Å². The quantitative estimate of drug-likeness (QED) is 0.159. The molecule has 2 aromatic heterocycles. The summed E-state index contributed by atoms with van der Waals surface area (Å²) in [6.45, 7) is 4.72. The minimum Gasteiger partial charge on any atom is -0.455 e. The Hall–Kier alpha value is -7.98. The number of nitrogens with zero attached hydrogens (tertiary/aromatic N) is 1. The minimum atomic E-state index is -0.155. The maximum Gasteiger partial charge on any atom is 0.143 e. The molecule has 10 aromatic carbocycles. The third kappa shape index (κ3) is 6.08. The molecule has 0 saturated carbocycles.